The van der Waals surface area contributed by atoms with Crippen molar-refractivity contribution in [3.8, 4) is 0 Å². The molecule has 0 unspecified atom stereocenters. The molecule has 0 aliphatic heterocycles. The van der Waals surface area contributed by atoms with Crippen LogP contribution in [0.3, 0.4) is 0 Å². The Balaban J connectivity index is 2.20. The van der Waals surface area contributed by atoms with Gasteiger partial charge >= 0.3 is 0 Å². The van der Waals surface area contributed by atoms with Crippen molar-refractivity contribution in [3.63, 3.8) is 0 Å². The summed E-state index contributed by atoms with van der Waals surface area (Å²) >= 11 is 1.80. The summed E-state index contributed by atoms with van der Waals surface area (Å²) in [6, 6.07) is 10.4. The van der Waals surface area contributed by atoms with Crippen molar-refractivity contribution in [3.05, 3.63) is 43.0 Å². The topological polar surface area (TPSA) is 12.0 Å². The standard InChI is InChI=1S/C10H13NS/c1-2-8-11-9-12-10-6-4-3-5-7-10/h2-7,11H,1,8-9H2. The van der Waals surface area contributed by atoms with Crippen molar-refractivity contribution < 1.29 is 0 Å². The smallest absolute Gasteiger partial charge is 0.0468 e. The Hall–Kier alpha value is -0.730. The molecule has 0 aliphatic carbocycles. The average molecular weight is 179 g/mol. The highest BCUT2D eigenvalue weighted by atomic mass is 32.2. The van der Waals surface area contributed by atoms with Gasteiger partial charge in [-0.05, 0) is 12.1 Å². The van der Waals surface area contributed by atoms with Crippen LogP contribution < -0.4 is 5.32 Å². The molecule has 0 heterocycles. The maximum Gasteiger partial charge on any atom is 0.0468 e. The zero-order chi connectivity index (χ0) is 8.65. The monoisotopic (exact) mass is 179 g/mol. The minimum absolute atomic E-state index is 0.875. The molecule has 0 aliphatic rings. The van der Waals surface area contributed by atoms with E-state index in [0.29, 0.717) is 0 Å². The van der Waals surface area contributed by atoms with E-state index in [2.05, 4.69) is 36.2 Å². The number of benzene rings is 1. The Morgan fingerprint density at radius 3 is 2.75 bits per heavy atom. The van der Waals surface area contributed by atoms with Gasteiger partial charge in [-0.3, -0.25) is 0 Å². The van der Waals surface area contributed by atoms with E-state index in [4.69, 9.17) is 0 Å². The molecule has 0 bridgehead atoms. The van der Waals surface area contributed by atoms with Gasteiger partial charge in [0.1, 0.15) is 0 Å². The van der Waals surface area contributed by atoms with Crippen molar-refractivity contribution in [2.75, 3.05) is 12.4 Å². The third-order valence-electron chi connectivity index (χ3n) is 1.37. The second-order valence-electron chi connectivity index (χ2n) is 2.34. The van der Waals surface area contributed by atoms with Crippen LogP contribution in [0.5, 0.6) is 0 Å². The van der Waals surface area contributed by atoms with Crippen molar-refractivity contribution >= 4 is 11.8 Å². The first-order valence-electron chi connectivity index (χ1n) is 3.93. The Bertz CT molecular complexity index is 221. The molecular weight excluding hydrogens is 166 g/mol. The highest BCUT2D eigenvalue weighted by molar-refractivity contribution is 7.99. The summed E-state index contributed by atoms with van der Waals surface area (Å²) in [5, 5.41) is 3.23. The largest absolute Gasteiger partial charge is 0.304 e. The van der Waals surface area contributed by atoms with Crippen LogP contribution in [0.2, 0.25) is 0 Å². The molecular formula is C10H13NS. The molecule has 0 aromatic heterocycles. The number of nitrogens with one attached hydrogen (secondary N) is 1. The molecule has 0 atom stereocenters. The van der Waals surface area contributed by atoms with E-state index < -0.39 is 0 Å². The molecule has 12 heavy (non-hydrogen) atoms. The Labute approximate surface area is 77.9 Å². The van der Waals surface area contributed by atoms with Gasteiger partial charge in [0.25, 0.3) is 0 Å². The number of thioether (sulfide) groups is 1. The van der Waals surface area contributed by atoms with Crippen LogP contribution >= 0.6 is 11.8 Å². The zero-order valence-electron chi connectivity index (χ0n) is 6.99. The van der Waals surface area contributed by atoms with Gasteiger partial charge in [0.2, 0.25) is 0 Å². The summed E-state index contributed by atoms with van der Waals surface area (Å²) in [5.41, 5.74) is 0. The lowest BCUT2D eigenvalue weighted by Crippen LogP contribution is -2.11. The van der Waals surface area contributed by atoms with Gasteiger partial charge in [0.05, 0.1) is 0 Å². The summed E-state index contributed by atoms with van der Waals surface area (Å²) in [5.74, 6) is 0.941. The first-order chi connectivity index (χ1) is 5.93. The summed E-state index contributed by atoms with van der Waals surface area (Å²) in [6.45, 7) is 4.51. The maximum absolute atomic E-state index is 3.63. The van der Waals surface area contributed by atoms with E-state index in [1.54, 1.807) is 11.8 Å². The van der Waals surface area contributed by atoms with Crippen molar-refractivity contribution in [1.29, 1.82) is 0 Å². The predicted molar refractivity (Wildman–Crippen MR) is 55.4 cm³/mol. The number of hydrogen-bond acceptors (Lipinski definition) is 2. The number of hydrogen-bond donors (Lipinski definition) is 1. The van der Waals surface area contributed by atoms with Crippen molar-refractivity contribution in [1.82, 2.24) is 5.32 Å². The lowest BCUT2D eigenvalue weighted by Gasteiger charge is -2.00. The highest BCUT2D eigenvalue weighted by Gasteiger charge is 1.89. The van der Waals surface area contributed by atoms with Gasteiger partial charge in [-0.2, -0.15) is 0 Å². The van der Waals surface area contributed by atoms with E-state index >= 15 is 0 Å². The van der Waals surface area contributed by atoms with E-state index in [-0.39, 0.29) is 0 Å². The van der Waals surface area contributed by atoms with Crippen LogP contribution in [0.15, 0.2) is 47.9 Å². The van der Waals surface area contributed by atoms with E-state index in [0.717, 1.165) is 12.4 Å². The first-order valence-corrected chi connectivity index (χ1v) is 4.91. The minimum atomic E-state index is 0.875. The van der Waals surface area contributed by atoms with Crippen LogP contribution in [0.1, 0.15) is 0 Å². The lowest BCUT2D eigenvalue weighted by atomic mass is 10.4. The molecule has 64 valence electrons. The fourth-order valence-electron chi connectivity index (χ4n) is 0.812. The molecule has 0 spiro atoms. The average Bonchev–Trinajstić information content (AvgIpc) is 2.14. The van der Waals surface area contributed by atoms with Gasteiger partial charge in [-0.25, -0.2) is 0 Å². The van der Waals surface area contributed by atoms with E-state index in [9.17, 15) is 0 Å². The van der Waals surface area contributed by atoms with Crippen LogP contribution in [-0.4, -0.2) is 12.4 Å². The molecule has 0 fully saturated rings. The predicted octanol–water partition coefficient (Wildman–Crippen LogP) is 2.51. The molecule has 1 rings (SSSR count). The second kappa shape index (κ2) is 5.86. The molecule has 0 saturated heterocycles. The molecule has 1 aromatic rings. The lowest BCUT2D eigenvalue weighted by molar-refractivity contribution is 0.892. The fraction of sp³-hybridized carbons (Fsp3) is 0.200. The minimum Gasteiger partial charge on any atom is -0.304 e. The third kappa shape index (κ3) is 3.60. The highest BCUT2D eigenvalue weighted by Crippen LogP contribution is 2.14. The number of rotatable bonds is 5. The van der Waals surface area contributed by atoms with Crippen LogP contribution in [0.4, 0.5) is 0 Å². The van der Waals surface area contributed by atoms with Crippen LogP contribution in [0, 0.1) is 0 Å². The van der Waals surface area contributed by atoms with Crippen molar-refractivity contribution in [2.24, 2.45) is 0 Å². The zero-order valence-corrected chi connectivity index (χ0v) is 7.81. The molecule has 1 N–H and O–H groups in total. The summed E-state index contributed by atoms with van der Waals surface area (Å²) in [4.78, 5) is 1.30. The molecule has 2 heteroatoms. The summed E-state index contributed by atoms with van der Waals surface area (Å²) < 4.78 is 0. The molecule has 1 aromatic carbocycles. The quantitative estimate of drug-likeness (QED) is 0.322. The normalized spacial score (nSPS) is 9.67. The van der Waals surface area contributed by atoms with E-state index in [1.165, 1.54) is 4.90 Å². The van der Waals surface area contributed by atoms with Gasteiger partial charge in [-0.15, -0.1) is 18.3 Å². The van der Waals surface area contributed by atoms with Crippen LogP contribution in [0.25, 0.3) is 0 Å². The molecule has 0 radical (unpaired) electrons. The summed E-state index contributed by atoms with van der Waals surface area (Å²) in [6.07, 6.45) is 1.87. The maximum atomic E-state index is 3.63. The first kappa shape index (κ1) is 9.36. The Kier molecular flexibility index (Phi) is 4.57. The van der Waals surface area contributed by atoms with Crippen molar-refractivity contribution in [2.45, 2.75) is 4.90 Å². The van der Waals surface area contributed by atoms with E-state index in [1.807, 2.05) is 12.1 Å². The molecule has 0 amide bonds. The third-order valence-corrected chi connectivity index (χ3v) is 2.33. The van der Waals surface area contributed by atoms with Gasteiger partial charge in [0.15, 0.2) is 0 Å². The Morgan fingerprint density at radius 1 is 1.33 bits per heavy atom. The van der Waals surface area contributed by atoms with Gasteiger partial charge < -0.3 is 5.32 Å². The summed E-state index contributed by atoms with van der Waals surface area (Å²) in [7, 11) is 0. The Morgan fingerprint density at radius 2 is 2.08 bits per heavy atom. The van der Waals surface area contributed by atoms with Gasteiger partial charge in [0, 0.05) is 17.3 Å². The molecule has 0 saturated carbocycles. The van der Waals surface area contributed by atoms with Crippen LogP contribution in [-0.2, 0) is 0 Å². The second-order valence-corrected chi connectivity index (χ2v) is 3.39. The fourth-order valence-corrected chi connectivity index (χ4v) is 1.55. The van der Waals surface area contributed by atoms with Gasteiger partial charge in [-0.1, -0.05) is 24.3 Å². The SMILES string of the molecule is C=CCNCSc1ccccc1. The molecule has 1 nitrogen and oxygen atoms in total.